The highest BCUT2D eigenvalue weighted by atomic mass is 16.4. The van der Waals surface area contributed by atoms with E-state index in [1.807, 2.05) is 0 Å². The van der Waals surface area contributed by atoms with Gasteiger partial charge in [0, 0.05) is 12.6 Å². The molecule has 0 aliphatic heterocycles. The van der Waals surface area contributed by atoms with E-state index >= 15 is 0 Å². The maximum Gasteiger partial charge on any atom is 0.304 e. The number of unbranched alkanes of at least 4 members (excludes halogenated alkanes) is 2. The van der Waals surface area contributed by atoms with E-state index in [1.54, 1.807) is 0 Å². The average molecular weight is 255 g/mol. The zero-order chi connectivity index (χ0) is 13.2. The predicted molar refractivity (Wildman–Crippen MR) is 74.8 cm³/mol. The number of carboxylic acid groups (broad SMARTS) is 1. The van der Waals surface area contributed by atoms with Crippen molar-refractivity contribution in [1.82, 2.24) is 4.90 Å². The normalized spacial score (nSPS) is 17.9. The first-order valence-corrected chi connectivity index (χ1v) is 7.70. The minimum Gasteiger partial charge on any atom is -0.481 e. The molecule has 3 nitrogen and oxygen atoms in total. The van der Waals surface area contributed by atoms with E-state index in [0.29, 0.717) is 12.5 Å². The van der Waals surface area contributed by atoms with Crippen LogP contribution in [0.5, 0.6) is 0 Å². The van der Waals surface area contributed by atoms with E-state index < -0.39 is 5.97 Å². The minimum atomic E-state index is -0.663. The van der Waals surface area contributed by atoms with Crippen LogP contribution in [0, 0.1) is 0 Å². The quantitative estimate of drug-likeness (QED) is 0.531. The lowest BCUT2D eigenvalue weighted by Gasteiger charge is -2.30. The molecule has 1 rings (SSSR count). The molecule has 0 saturated heterocycles. The molecule has 1 N–H and O–H groups in total. The summed E-state index contributed by atoms with van der Waals surface area (Å²) >= 11 is 0. The molecule has 0 radical (unpaired) electrons. The first-order chi connectivity index (χ1) is 8.74. The lowest BCUT2D eigenvalue weighted by molar-refractivity contribution is -0.137. The number of carbonyl (C=O) groups is 1. The van der Waals surface area contributed by atoms with E-state index in [4.69, 9.17) is 5.11 Å². The molecule has 0 aromatic carbocycles. The van der Waals surface area contributed by atoms with Gasteiger partial charge in [0.15, 0.2) is 0 Å². The summed E-state index contributed by atoms with van der Waals surface area (Å²) in [4.78, 5) is 13.2. The Morgan fingerprint density at radius 1 is 1.11 bits per heavy atom. The molecule has 1 aliphatic carbocycles. The first kappa shape index (κ1) is 15.5. The van der Waals surface area contributed by atoms with Crippen molar-refractivity contribution >= 4 is 5.97 Å². The van der Waals surface area contributed by atoms with Crippen LogP contribution in [0.2, 0.25) is 0 Å². The van der Waals surface area contributed by atoms with E-state index in [0.717, 1.165) is 13.1 Å². The van der Waals surface area contributed by atoms with Gasteiger partial charge in [-0.1, -0.05) is 45.4 Å². The Bertz CT molecular complexity index is 223. The highest BCUT2D eigenvalue weighted by molar-refractivity contribution is 5.66. The van der Waals surface area contributed by atoms with Crippen LogP contribution >= 0.6 is 0 Å². The van der Waals surface area contributed by atoms with Crippen LogP contribution in [-0.2, 0) is 4.79 Å². The molecule has 0 aromatic rings. The molecule has 1 aliphatic rings. The molecule has 0 spiro atoms. The highest BCUT2D eigenvalue weighted by Crippen LogP contribution is 2.22. The summed E-state index contributed by atoms with van der Waals surface area (Å²) in [5.41, 5.74) is 0. The van der Waals surface area contributed by atoms with Crippen molar-refractivity contribution in [3.8, 4) is 0 Å². The van der Waals surface area contributed by atoms with Gasteiger partial charge in [0.1, 0.15) is 0 Å². The Hall–Kier alpha value is -0.570. The van der Waals surface area contributed by atoms with Crippen LogP contribution in [-0.4, -0.2) is 35.1 Å². The Labute approximate surface area is 112 Å². The lowest BCUT2D eigenvalue weighted by atomic mass is 10.1. The molecule has 0 aromatic heterocycles. The lowest BCUT2D eigenvalue weighted by Crippen LogP contribution is -2.37. The Morgan fingerprint density at radius 2 is 1.78 bits per heavy atom. The fourth-order valence-electron chi connectivity index (χ4n) is 2.90. The van der Waals surface area contributed by atoms with Crippen molar-refractivity contribution in [3.05, 3.63) is 0 Å². The Morgan fingerprint density at radius 3 is 2.33 bits per heavy atom. The second kappa shape index (κ2) is 9.37. The predicted octanol–water partition coefficient (Wildman–Crippen LogP) is 3.68. The van der Waals surface area contributed by atoms with E-state index in [-0.39, 0.29) is 0 Å². The molecule has 18 heavy (non-hydrogen) atoms. The third-order valence-electron chi connectivity index (χ3n) is 4.00. The standard InChI is InChI=1S/C15H29NO2/c1-2-3-8-12-16(13-11-15(17)18)14-9-6-4-5-7-10-14/h14H,2-13H2,1H3,(H,17,18). The summed E-state index contributed by atoms with van der Waals surface area (Å²) in [5, 5.41) is 8.86. The summed E-state index contributed by atoms with van der Waals surface area (Å²) in [5.74, 6) is -0.663. The number of rotatable bonds is 8. The van der Waals surface area contributed by atoms with E-state index in [9.17, 15) is 4.79 Å². The molecule has 0 amide bonds. The van der Waals surface area contributed by atoms with Gasteiger partial charge in [0.05, 0.1) is 6.42 Å². The maximum atomic E-state index is 10.8. The molecule has 0 bridgehead atoms. The van der Waals surface area contributed by atoms with Crippen LogP contribution < -0.4 is 0 Å². The van der Waals surface area contributed by atoms with E-state index in [1.165, 1.54) is 57.8 Å². The monoisotopic (exact) mass is 255 g/mol. The zero-order valence-corrected chi connectivity index (χ0v) is 11.9. The molecule has 106 valence electrons. The van der Waals surface area contributed by atoms with Crippen molar-refractivity contribution in [2.24, 2.45) is 0 Å². The Balaban J connectivity index is 2.42. The molecule has 0 unspecified atom stereocenters. The minimum absolute atomic E-state index is 0.294. The van der Waals surface area contributed by atoms with Crippen molar-refractivity contribution < 1.29 is 9.90 Å². The summed E-state index contributed by atoms with van der Waals surface area (Å²) < 4.78 is 0. The topological polar surface area (TPSA) is 40.5 Å². The Kier molecular flexibility index (Phi) is 8.06. The summed E-state index contributed by atoms with van der Waals surface area (Å²) in [6.07, 6.45) is 11.9. The van der Waals surface area contributed by atoms with Gasteiger partial charge in [-0.2, -0.15) is 0 Å². The summed E-state index contributed by atoms with van der Waals surface area (Å²) in [7, 11) is 0. The van der Waals surface area contributed by atoms with Gasteiger partial charge >= 0.3 is 5.97 Å². The van der Waals surface area contributed by atoms with Crippen LogP contribution in [0.1, 0.15) is 71.1 Å². The zero-order valence-electron chi connectivity index (χ0n) is 11.9. The molecule has 1 fully saturated rings. The van der Waals surface area contributed by atoms with Crippen molar-refractivity contribution in [2.75, 3.05) is 13.1 Å². The number of aliphatic carboxylic acids is 1. The van der Waals surface area contributed by atoms with Gasteiger partial charge in [-0.25, -0.2) is 0 Å². The van der Waals surface area contributed by atoms with Gasteiger partial charge < -0.3 is 5.11 Å². The van der Waals surface area contributed by atoms with Gasteiger partial charge in [-0.05, 0) is 25.8 Å². The van der Waals surface area contributed by atoms with Crippen LogP contribution in [0.15, 0.2) is 0 Å². The van der Waals surface area contributed by atoms with Crippen LogP contribution in [0.25, 0.3) is 0 Å². The first-order valence-electron chi connectivity index (χ1n) is 7.70. The maximum absolute atomic E-state index is 10.8. The molecule has 3 heteroatoms. The highest BCUT2D eigenvalue weighted by Gasteiger charge is 2.20. The number of hydrogen-bond acceptors (Lipinski definition) is 2. The van der Waals surface area contributed by atoms with Gasteiger partial charge in [-0.15, -0.1) is 0 Å². The van der Waals surface area contributed by atoms with Crippen LogP contribution in [0.3, 0.4) is 0 Å². The number of carboxylic acids is 1. The molecule has 0 atom stereocenters. The molecular formula is C15H29NO2. The summed E-state index contributed by atoms with van der Waals surface area (Å²) in [6.45, 7) is 4.04. The van der Waals surface area contributed by atoms with Crippen LogP contribution in [0.4, 0.5) is 0 Å². The van der Waals surface area contributed by atoms with Gasteiger partial charge in [0.2, 0.25) is 0 Å². The molecular weight excluding hydrogens is 226 g/mol. The fraction of sp³-hybridized carbons (Fsp3) is 0.933. The van der Waals surface area contributed by atoms with Crippen molar-refractivity contribution in [3.63, 3.8) is 0 Å². The molecule has 0 heterocycles. The second-order valence-electron chi connectivity index (χ2n) is 5.53. The molecule has 1 saturated carbocycles. The van der Waals surface area contributed by atoms with E-state index in [2.05, 4.69) is 11.8 Å². The van der Waals surface area contributed by atoms with Gasteiger partial charge in [0.25, 0.3) is 0 Å². The second-order valence-corrected chi connectivity index (χ2v) is 5.53. The van der Waals surface area contributed by atoms with Crippen molar-refractivity contribution in [2.45, 2.75) is 77.2 Å². The summed E-state index contributed by atoms with van der Waals surface area (Å²) in [6, 6.07) is 0.642. The fourth-order valence-corrected chi connectivity index (χ4v) is 2.90. The third-order valence-corrected chi connectivity index (χ3v) is 4.00. The smallest absolute Gasteiger partial charge is 0.304 e. The largest absolute Gasteiger partial charge is 0.481 e. The average Bonchev–Trinajstić information content (AvgIpc) is 2.62. The third kappa shape index (κ3) is 6.39. The number of nitrogens with zero attached hydrogens (tertiary/aromatic N) is 1. The number of hydrogen-bond donors (Lipinski definition) is 1. The SMILES string of the molecule is CCCCCN(CCC(=O)O)C1CCCCCC1. The van der Waals surface area contributed by atoms with Gasteiger partial charge in [-0.3, -0.25) is 9.69 Å². The van der Waals surface area contributed by atoms with Crippen molar-refractivity contribution in [1.29, 1.82) is 0 Å².